The minimum atomic E-state index is -0.113. The first-order chi connectivity index (χ1) is 17.2. The Balaban J connectivity index is 1.25. The second-order valence-electron chi connectivity index (χ2n) is 9.41. The van der Waals surface area contributed by atoms with E-state index in [1.165, 1.54) is 0 Å². The van der Waals surface area contributed by atoms with Crippen LogP contribution in [-0.4, -0.2) is 56.1 Å². The van der Waals surface area contributed by atoms with Gasteiger partial charge in [-0.05, 0) is 30.5 Å². The van der Waals surface area contributed by atoms with Gasteiger partial charge in [-0.25, -0.2) is 9.97 Å². The van der Waals surface area contributed by atoms with E-state index >= 15 is 0 Å². The molecule has 1 amide bonds. The number of nitrogens with one attached hydrogen (secondary N) is 3. The third-order valence-corrected chi connectivity index (χ3v) is 7.46. The van der Waals surface area contributed by atoms with Gasteiger partial charge in [-0.2, -0.15) is 4.98 Å². The van der Waals surface area contributed by atoms with E-state index in [1.807, 2.05) is 36.0 Å². The summed E-state index contributed by atoms with van der Waals surface area (Å²) in [7, 11) is 1.97. The van der Waals surface area contributed by atoms with Crippen molar-refractivity contribution in [1.82, 2.24) is 35.1 Å². The van der Waals surface area contributed by atoms with Crippen molar-refractivity contribution in [2.75, 3.05) is 29.9 Å². The molecule has 2 atom stereocenters. The Morgan fingerprint density at radius 1 is 1.11 bits per heavy atom. The fraction of sp³-hybridized carbons (Fsp3) is 0.320. The molecule has 0 spiro atoms. The molecule has 2 fully saturated rings. The standard InChI is InChI=1S/C25H25N9O/c1-33-8-5-16-15(2-6-27-23(16)33)22-17-11-30-24(35)21(17)18(12-29-22)31-20-3-7-28-25(32-20)34-9-4-14-10-26-13-19(14)34/h2-3,5-8,12,14,19,26H,4,9-11,13H2,1H3,(H,30,35)(H,28,31,32). The van der Waals surface area contributed by atoms with Gasteiger partial charge >= 0.3 is 0 Å². The Morgan fingerprint density at radius 2 is 2.03 bits per heavy atom. The molecule has 7 rings (SSSR count). The maximum absolute atomic E-state index is 12.9. The molecule has 2 saturated heterocycles. The number of amides is 1. The normalized spacial score (nSPS) is 20.8. The molecule has 7 heterocycles. The highest BCUT2D eigenvalue weighted by Gasteiger charge is 2.38. The zero-order chi connectivity index (χ0) is 23.5. The number of nitrogens with zero attached hydrogens (tertiary/aromatic N) is 6. The summed E-state index contributed by atoms with van der Waals surface area (Å²) in [6, 6.07) is 6.26. The Kier molecular flexibility index (Phi) is 4.50. The number of carbonyl (C=O) groups is 1. The highest BCUT2D eigenvalue weighted by Crippen LogP contribution is 2.36. The topological polar surface area (TPSA) is 113 Å². The van der Waals surface area contributed by atoms with Gasteiger partial charge in [-0.1, -0.05) is 0 Å². The third kappa shape index (κ3) is 3.17. The summed E-state index contributed by atoms with van der Waals surface area (Å²) in [5.41, 5.74) is 4.77. The van der Waals surface area contributed by atoms with Gasteiger partial charge in [0.2, 0.25) is 5.95 Å². The van der Waals surface area contributed by atoms with E-state index in [1.54, 1.807) is 18.6 Å². The van der Waals surface area contributed by atoms with Gasteiger partial charge in [-0.15, -0.1) is 0 Å². The van der Waals surface area contributed by atoms with Crippen LogP contribution in [0.3, 0.4) is 0 Å². The number of rotatable bonds is 4. The molecule has 0 aromatic carbocycles. The van der Waals surface area contributed by atoms with Gasteiger partial charge in [0.05, 0.1) is 23.1 Å². The van der Waals surface area contributed by atoms with E-state index in [0.717, 1.165) is 59.9 Å². The molecule has 10 heteroatoms. The molecule has 10 nitrogen and oxygen atoms in total. The lowest BCUT2D eigenvalue weighted by Gasteiger charge is -2.23. The number of hydrogen-bond acceptors (Lipinski definition) is 8. The summed E-state index contributed by atoms with van der Waals surface area (Å²) in [5, 5.41) is 10.8. The smallest absolute Gasteiger partial charge is 0.254 e. The number of aromatic nitrogens is 5. The van der Waals surface area contributed by atoms with E-state index < -0.39 is 0 Å². The molecule has 0 radical (unpaired) electrons. The molecule has 2 unspecified atom stereocenters. The predicted octanol–water partition coefficient (Wildman–Crippen LogP) is 2.21. The average molecular weight is 468 g/mol. The predicted molar refractivity (Wildman–Crippen MR) is 133 cm³/mol. The van der Waals surface area contributed by atoms with E-state index in [9.17, 15) is 4.79 Å². The van der Waals surface area contributed by atoms with Crippen LogP contribution in [0.5, 0.6) is 0 Å². The Bertz CT molecular complexity index is 1480. The highest BCUT2D eigenvalue weighted by molar-refractivity contribution is 6.06. The van der Waals surface area contributed by atoms with Gasteiger partial charge in [-0.3, -0.25) is 9.78 Å². The van der Waals surface area contributed by atoms with Gasteiger partial charge in [0.25, 0.3) is 5.91 Å². The van der Waals surface area contributed by atoms with Crippen LogP contribution in [0, 0.1) is 5.92 Å². The number of hydrogen-bond donors (Lipinski definition) is 3. The quantitative estimate of drug-likeness (QED) is 0.419. The first-order valence-electron chi connectivity index (χ1n) is 12.0. The fourth-order valence-electron chi connectivity index (χ4n) is 5.73. The molecule has 0 bridgehead atoms. The Hall–Kier alpha value is -4.05. The molecule has 35 heavy (non-hydrogen) atoms. The van der Waals surface area contributed by atoms with Gasteiger partial charge in [0, 0.05) is 74.4 Å². The van der Waals surface area contributed by atoms with Crippen LogP contribution in [0.4, 0.5) is 17.5 Å². The molecule has 176 valence electrons. The Labute approximate surface area is 201 Å². The second-order valence-corrected chi connectivity index (χ2v) is 9.41. The van der Waals surface area contributed by atoms with Gasteiger partial charge < -0.3 is 25.4 Å². The van der Waals surface area contributed by atoms with Crippen molar-refractivity contribution in [1.29, 1.82) is 0 Å². The molecule has 3 aliphatic rings. The number of aryl methyl sites for hydroxylation is 1. The minimum Gasteiger partial charge on any atom is -0.348 e. The van der Waals surface area contributed by atoms with Crippen LogP contribution in [0.15, 0.2) is 43.0 Å². The van der Waals surface area contributed by atoms with E-state index in [2.05, 4.69) is 30.8 Å². The van der Waals surface area contributed by atoms with Crippen LogP contribution in [0.2, 0.25) is 0 Å². The summed E-state index contributed by atoms with van der Waals surface area (Å²) >= 11 is 0. The second kappa shape index (κ2) is 7.74. The summed E-state index contributed by atoms with van der Waals surface area (Å²) in [4.78, 5) is 33.8. The third-order valence-electron chi connectivity index (χ3n) is 7.46. The molecule has 0 aliphatic carbocycles. The van der Waals surface area contributed by atoms with Crippen molar-refractivity contribution in [3.05, 3.63) is 54.1 Å². The minimum absolute atomic E-state index is 0.113. The lowest BCUT2D eigenvalue weighted by Crippen LogP contribution is -2.35. The SMILES string of the molecule is Cn1ccc2c(-c3ncc(Nc4ccnc(N5CCC6CNCC65)n4)c4c3CNC4=O)ccnc21. The summed E-state index contributed by atoms with van der Waals surface area (Å²) in [5.74, 6) is 1.91. The van der Waals surface area contributed by atoms with Crippen LogP contribution in [0.25, 0.3) is 22.3 Å². The van der Waals surface area contributed by atoms with E-state index in [4.69, 9.17) is 9.97 Å². The zero-order valence-electron chi connectivity index (χ0n) is 19.3. The van der Waals surface area contributed by atoms with Crippen molar-refractivity contribution in [2.24, 2.45) is 13.0 Å². The maximum atomic E-state index is 12.9. The zero-order valence-corrected chi connectivity index (χ0v) is 19.3. The van der Waals surface area contributed by atoms with E-state index in [-0.39, 0.29) is 5.91 Å². The summed E-state index contributed by atoms with van der Waals surface area (Å²) < 4.78 is 1.98. The van der Waals surface area contributed by atoms with Crippen LogP contribution >= 0.6 is 0 Å². The van der Waals surface area contributed by atoms with Crippen molar-refractivity contribution >= 4 is 34.4 Å². The van der Waals surface area contributed by atoms with Crippen molar-refractivity contribution < 1.29 is 4.79 Å². The van der Waals surface area contributed by atoms with Crippen molar-refractivity contribution in [3.8, 4) is 11.3 Å². The van der Waals surface area contributed by atoms with Crippen molar-refractivity contribution in [3.63, 3.8) is 0 Å². The first kappa shape index (κ1) is 20.3. The average Bonchev–Trinajstić information content (AvgIpc) is 3.65. The lowest BCUT2D eigenvalue weighted by atomic mass is 10.0. The van der Waals surface area contributed by atoms with Crippen LogP contribution in [0.1, 0.15) is 22.3 Å². The number of pyridine rings is 2. The molecular weight excluding hydrogens is 442 g/mol. The Morgan fingerprint density at radius 3 is 2.97 bits per heavy atom. The maximum Gasteiger partial charge on any atom is 0.254 e. The first-order valence-corrected chi connectivity index (χ1v) is 12.0. The van der Waals surface area contributed by atoms with Crippen LogP contribution < -0.4 is 20.9 Å². The van der Waals surface area contributed by atoms with Gasteiger partial charge in [0.15, 0.2) is 0 Å². The highest BCUT2D eigenvalue weighted by atomic mass is 16.1. The monoisotopic (exact) mass is 467 g/mol. The van der Waals surface area contributed by atoms with Crippen LogP contribution in [-0.2, 0) is 13.6 Å². The molecular formula is C25H25N9O. The lowest BCUT2D eigenvalue weighted by molar-refractivity contribution is 0.0966. The molecule has 3 N–H and O–H groups in total. The summed E-state index contributed by atoms with van der Waals surface area (Å²) in [6.07, 6.45) is 8.42. The molecule has 3 aliphatic heterocycles. The molecule has 4 aromatic heterocycles. The van der Waals surface area contributed by atoms with Crippen molar-refractivity contribution in [2.45, 2.75) is 19.0 Å². The fourth-order valence-corrected chi connectivity index (χ4v) is 5.73. The van der Waals surface area contributed by atoms with E-state index in [0.29, 0.717) is 35.6 Å². The largest absolute Gasteiger partial charge is 0.348 e. The number of fused-ring (bicyclic) bond motifs is 3. The molecule has 4 aromatic rings. The molecule has 0 saturated carbocycles. The number of anilines is 3. The summed E-state index contributed by atoms with van der Waals surface area (Å²) in [6.45, 7) is 3.43. The number of carbonyl (C=O) groups excluding carboxylic acids is 1. The van der Waals surface area contributed by atoms with Gasteiger partial charge in [0.1, 0.15) is 11.5 Å².